The van der Waals surface area contributed by atoms with Crippen molar-refractivity contribution in [2.24, 2.45) is 4.99 Å². The van der Waals surface area contributed by atoms with E-state index < -0.39 is 9.84 Å². The molecule has 0 saturated carbocycles. The van der Waals surface area contributed by atoms with E-state index in [0.29, 0.717) is 21.7 Å². The van der Waals surface area contributed by atoms with E-state index >= 15 is 0 Å². The van der Waals surface area contributed by atoms with Crippen LogP contribution in [0.3, 0.4) is 0 Å². The minimum Gasteiger partial charge on any atom is -0.437 e. The third kappa shape index (κ3) is 3.78. The number of benzene rings is 3. The lowest BCUT2D eigenvalue weighted by Crippen LogP contribution is -2.16. The highest BCUT2D eigenvalue weighted by Crippen LogP contribution is 2.26. The standard InChI is InChI=1S/C24H20ClNO3S/c1-15-7-10-20(11-8-15)30(27,28)23-14-18-13-19(25)9-12-22(18)29-24(23)26-21-6-4-5-16(2)17(21)3/h4-14H,1-3H3. The zero-order valence-corrected chi connectivity index (χ0v) is 18.4. The maximum absolute atomic E-state index is 13.5. The van der Waals surface area contributed by atoms with Crippen LogP contribution in [-0.4, -0.2) is 8.42 Å². The summed E-state index contributed by atoms with van der Waals surface area (Å²) in [5.74, 6) is 0. The molecule has 0 saturated heterocycles. The minimum absolute atomic E-state index is 0.00188. The van der Waals surface area contributed by atoms with Gasteiger partial charge in [0.2, 0.25) is 15.4 Å². The van der Waals surface area contributed by atoms with E-state index in [4.69, 9.17) is 16.0 Å². The average molecular weight is 438 g/mol. The first-order valence-corrected chi connectivity index (χ1v) is 11.3. The van der Waals surface area contributed by atoms with Crippen LogP contribution in [0.25, 0.3) is 11.0 Å². The molecule has 0 atom stereocenters. The molecule has 1 aromatic heterocycles. The summed E-state index contributed by atoms with van der Waals surface area (Å²) >= 11 is 6.11. The van der Waals surface area contributed by atoms with E-state index in [1.54, 1.807) is 48.5 Å². The first kappa shape index (κ1) is 20.4. The molecule has 0 fully saturated rings. The molecule has 6 heteroatoms. The predicted molar refractivity (Wildman–Crippen MR) is 119 cm³/mol. The summed E-state index contributed by atoms with van der Waals surface area (Å²) < 4.78 is 32.9. The number of hydrogen-bond donors (Lipinski definition) is 0. The van der Waals surface area contributed by atoms with E-state index in [-0.39, 0.29) is 15.3 Å². The minimum atomic E-state index is -3.86. The summed E-state index contributed by atoms with van der Waals surface area (Å²) in [4.78, 5) is 4.79. The van der Waals surface area contributed by atoms with Crippen LogP contribution in [0.4, 0.5) is 5.69 Å². The van der Waals surface area contributed by atoms with Crippen LogP contribution in [0.15, 0.2) is 85.9 Å². The summed E-state index contributed by atoms with van der Waals surface area (Å²) in [6.07, 6.45) is 0. The summed E-state index contributed by atoms with van der Waals surface area (Å²) in [6, 6.07) is 19.1. The van der Waals surface area contributed by atoms with Crippen molar-refractivity contribution in [2.75, 3.05) is 0 Å². The maximum atomic E-state index is 13.5. The Labute approximate surface area is 180 Å². The van der Waals surface area contributed by atoms with Gasteiger partial charge in [-0.15, -0.1) is 0 Å². The fraction of sp³-hybridized carbons (Fsp3) is 0.125. The van der Waals surface area contributed by atoms with Crippen molar-refractivity contribution in [3.63, 3.8) is 0 Å². The summed E-state index contributed by atoms with van der Waals surface area (Å²) in [6.45, 7) is 5.84. The quantitative estimate of drug-likeness (QED) is 0.390. The van der Waals surface area contributed by atoms with Gasteiger partial charge < -0.3 is 4.42 Å². The van der Waals surface area contributed by atoms with Crippen LogP contribution in [0, 0.1) is 20.8 Å². The molecule has 0 spiro atoms. The Kier molecular flexibility index (Phi) is 5.26. The van der Waals surface area contributed by atoms with E-state index in [0.717, 1.165) is 16.7 Å². The van der Waals surface area contributed by atoms with E-state index in [1.165, 1.54) is 0 Å². The molecule has 4 nitrogen and oxygen atoms in total. The number of aryl methyl sites for hydroxylation is 2. The second-order valence-corrected chi connectivity index (χ2v) is 9.60. The van der Waals surface area contributed by atoms with Gasteiger partial charge in [-0.1, -0.05) is 41.4 Å². The van der Waals surface area contributed by atoms with E-state index in [2.05, 4.69) is 4.99 Å². The number of hydrogen-bond acceptors (Lipinski definition) is 4. The molecule has 0 unspecified atom stereocenters. The van der Waals surface area contributed by atoms with Gasteiger partial charge in [0, 0.05) is 10.4 Å². The molecule has 152 valence electrons. The highest BCUT2D eigenvalue weighted by molar-refractivity contribution is 7.91. The van der Waals surface area contributed by atoms with E-state index in [9.17, 15) is 8.42 Å². The second-order valence-electron chi connectivity index (χ2n) is 7.25. The van der Waals surface area contributed by atoms with Crippen molar-refractivity contribution < 1.29 is 12.8 Å². The van der Waals surface area contributed by atoms with Gasteiger partial charge in [-0.05, 0) is 74.4 Å². The number of halogens is 1. The summed E-state index contributed by atoms with van der Waals surface area (Å²) in [5, 5.41) is 1.09. The molecular formula is C24H20ClNO3S. The monoisotopic (exact) mass is 437 g/mol. The molecule has 3 aromatic carbocycles. The molecule has 1 heterocycles. The number of nitrogens with zero attached hydrogens (tertiary/aromatic N) is 1. The molecule has 0 radical (unpaired) electrons. The highest BCUT2D eigenvalue weighted by Gasteiger charge is 2.22. The predicted octanol–water partition coefficient (Wildman–Crippen LogP) is 6.08. The Balaban J connectivity index is 2.06. The zero-order chi connectivity index (χ0) is 21.5. The smallest absolute Gasteiger partial charge is 0.239 e. The van der Waals surface area contributed by atoms with Gasteiger partial charge >= 0.3 is 0 Å². The number of sulfone groups is 1. The third-order valence-corrected chi connectivity index (χ3v) is 7.09. The molecule has 0 aliphatic rings. The fourth-order valence-electron chi connectivity index (χ4n) is 3.16. The van der Waals surface area contributed by atoms with Gasteiger partial charge in [-0.3, -0.25) is 0 Å². The van der Waals surface area contributed by atoms with Gasteiger partial charge in [0.15, 0.2) is 0 Å². The van der Waals surface area contributed by atoms with Crippen LogP contribution in [0.2, 0.25) is 5.02 Å². The highest BCUT2D eigenvalue weighted by atomic mass is 35.5. The SMILES string of the molecule is Cc1ccc(S(=O)(=O)c2cc3cc(Cl)ccc3oc2=Nc2cccc(C)c2C)cc1. The van der Waals surface area contributed by atoms with Crippen LogP contribution in [0.5, 0.6) is 0 Å². The number of rotatable bonds is 3. The van der Waals surface area contributed by atoms with Crippen LogP contribution in [0.1, 0.15) is 16.7 Å². The van der Waals surface area contributed by atoms with Gasteiger partial charge in [-0.25, -0.2) is 13.4 Å². The van der Waals surface area contributed by atoms with Crippen molar-refractivity contribution >= 4 is 38.1 Å². The molecule has 0 aliphatic heterocycles. The number of fused-ring (bicyclic) bond motifs is 1. The van der Waals surface area contributed by atoms with Crippen molar-refractivity contribution in [2.45, 2.75) is 30.6 Å². The van der Waals surface area contributed by atoms with Crippen LogP contribution in [-0.2, 0) is 9.84 Å². The third-order valence-electron chi connectivity index (χ3n) is 5.09. The lowest BCUT2D eigenvalue weighted by atomic mass is 10.1. The Morgan fingerprint density at radius 2 is 1.63 bits per heavy atom. The van der Waals surface area contributed by atoms with Crippen LogP contribution < -0.4 is 5.55 Å². The Bertz CT molecular complexity index is 1440. The first-order chi connectivity index (χ1) is 14.3. The van der Waals surface area contributed by atoms with Crippen molar-refractivity contribution in [3.8, 4) is 0 Å². The van der Waals surface area contributed by atoms with Crippen LogP contribution >= 0.6 is 11.6 Å². The van der Waals surface area contributed by atoms with Crippen molar-refractivity contribution in [1.82, 2.24) is 0 Å². The maximum Gasteiger partial charge on any atom is 0.239 e. The largest absolute Gasteiger partial charge is 0.437 e. The second kappa shape index (κ2) is 7.74. The molecule has 0 amide bonds. The molecule has 0 N–H and O–H groups in total. The van der Waals surface area contributed by atoms with Crippen molar-refractivity contribution in [3.05, 3.63) is 94.0 Å². The normalized spacial score (nSPS) is 12.5. The van der Waals surface area contributed by atoms with Gasteiger partial charge in [0.1, 0.15) is 10.5 Å². The lowest BCUT2D eigenvalue weighted by molar-refractivity contribution is 0.517. The van der Waals surface area contributed by atoms with Gasteiger partial charge in [0.25, 0.3) is 0 Å². The summed E-state index contributed by atoms with van der Waals surface area (Å²) in [7, 11) is -3.86. The molecule has 4 aromatic rings. The fourth-order valence-corrected chi connectivity index (χ4v) is 4.69. The first-order valence-electron chi connectivity index (χ1n) is 9.42. The zero-order valence-electron chi connectivity index (χ0n) is 16.8. The molecular weight excluding hydrogens is 418 g/mol. The lowest BCUT2D eigenvalue weighted by Gasteiger charge is -2.09. The van der Waals surface area contributed by atoms with E-state index in [1.807, 2.05) is 39.0 Å². The molecule has 0 aliphatic carbocycles. The van der Waals surface area contributed by atoms with Gasteiger partial charge in [-0.2, -0.15) is 0 Å². The topological polar surface area (TPSA) is 59.6 Å². The molecule has 0 bridgehead atoms. The Morgan fingerprint density at radius 1 is 0.900 bits per heavy atom. The molecule has 4 rings (SSSR count). The summed E-state index contributed by atoms with van der Waals surface area (Å²) in [5.41, 5.74) is 4.21. The Hall–Kier alpha value is -2.89. The van der Waals surface area contributed by atoms with Crippen molar-refractivity contribution in [1.29, 1.82) is 0 Å². The Morgan fingerprint density at radius 3 is 2.37 bits per heavy atom. The van der Waals surface area contributed by atoms with Gasteiger partial charge in [0.05, 0.1) is 10.6 Å². The molecule has 30 heavy (non-hydrogen) atoms. The average Bonchev–Trinajstić information content (AvgIpc) is 2.71.